The maximum atomic E-state index is 13.1. The zero-order valence-corrected chi connectivity index (χ0v) is 17.1. The molecule has 4 rings (SSSR count). The summed E-state index contributed by atoms with van der Waals surface area (Å²) in [5.74, 6) is 0.439. The quantitative estimate of drug-likeness (QED) is 0.636. The highest BCUT2D eigenvalue weighted by molar-refractivity contribution is 6.31. The van der Waals surface area contributed by atoms with Gasteiger partial charge in [0.05, 0.1) is 5.69 Å². The zero-order chi connectivity index (χ0) is 20.5. The molecule has 2 N–H and O–H groups in total. The highest BCUT2D eigenvalue weighted by atomic mass is 35.5. The molecule has 0 saturated carbocycles. The minimum absolute atomic E-state index is 0.181. The van der Waals surface area contributed by atoms with Crippen LogP contribution >= 0.6 is 11.6 Å². The van der Waals surface area contributed by atoms with Crippen LogP contribution in [0.1, 0.15) is 34.0 Å². The maximum absolute atomic E-state index is 13.1. The van der Waals surface area contributed by atoms with Crippen LogP contribution in [0.5, 0.6) is 0 Å². The third kappa shape index (κ3) is 3.98. The van der Waals surface area contributed by atoms with E-state index in [0.717, 1.165) is 23.5 Å². The Morgan fingerprint density at radius 2 is 1.97 bits per heavy atom. The largest absolute Gasteiger partial charge is 0.382 e. The molecule has 5 nitrogen and oxygen atoms in total. The Labute approximate surface area is 173 Å². The first-order chi connectivity index (χ1) is 13.9. The molecule has 150 valence electrons. The van der Waals surface area contributed by atoms with E-state index in [1.165, 1.54) is 12.1 Å². The molecule has 0 spiro atoms. The van der Waals surface area contributed by atoms with Gasteiger partial charge in [-0.05, 0) is 62.2 Å². The van der Waals surface area contributed by atoms with Crippen LogP contribution in [0.4, 0.5) is 15.8 Å². The van der Waals surface area contributed by atoms with Gasteiger partial charge >= 0.3 is 0 Å². The van der Waals surface area contributed by atoms with Crippen LogP contribution in [0.2, 0.25) is 5.02 Å². The number of anilines is 2. The number of aromatic nitrogens is 2. The number of amides is 1. The van der Waals surface area contributed by atoms with Crippen molar-refractivity contribution in [1.29, 1.82) is 0 Å². The lowest BCUT2D eigenvalue weighted by Gasteiger charge is -2.26. The molecule has 1 atom stereocenters. The Morgan fingerprint density at radius 1 is 1.21 bits per heavy atom. The number of aryl methyl sites for hydroxylation is 1. The van der Waals surface area contributed by atoms with Crippen molar-refractivity contribution in [2.75, 3.05) is 10.6 Å². The van der Waals surface area contributed by atoms with Gasteiger partial charge in [0.2, 0.25) is 0 Å². The van der Waals surface area contributed by atoms with Crippen LogP contribution in [0.15, 0.2) is 42.5 Å². The molecule has 7 heteroatoms. The van der Waals surface area contributed by atoms with Crippen LogP contribution in [0.3, 0.4) is 0 Å². The second kappa shape index (κ2) is 7.87. The fraction of sp³-hybridized carbons (Fsp3) is 0.273. The summed E-state index contributed by atoms with van der Waals surface area (Å²) in [4.78, 5) is 17.6. The van der Waals surface area contributed by atoms with Crippen LogP contribution in [-0.4, -0.2) is 21.5 Å². The van der Waals surface area contributed by atoms with Crippen molar-refractivity contribution in [2.24, 2.45) is 0 Å². The summed E-state index contributed by atoms with van der Waals surface area (Å²) in [5, 5.41) is 7.01. The summed E-state index contributed by atoms with van der Waals surface area (Å²) in [5.41, 5.74) is 3.70. The summed E-state index contributed by atoms with van der Waals surface area (Å²) < 4.78 is 15.1. The third-order valence-corrected chi connectivity index (χ3v) is 5.71. The Balaban J connectivity index is 1.52. The molecule has 1 aromatic heterocycles. The molecule has 0 bridgehead atoms. The molecule has 0 fully saturated rings. The average molecular weight is 413 g/mol. The van der Waals surface area contributed by atoms with Crippen molar-refractivity contribution in [3.8, 4) is 0 Å². The van der Waals surface area contributed by atoms with Crippen LogP contribution in [-0.2, 0) is 13.0 Å². The van der Waals surface area contributed by atoms with Gasteiger partial charge in [0.25, 0.3) is 5.91 Å². The molecule has 1 amide bonds. The van der Waals surface area contributed by atoms with E-state index in [4.69, 9.17) is 11.6 Å². The molecule has 1 aliphatic heterocycles. The van der Waals surface area contributed by atoms with Gasteiger partial charge in [0.1, 0.15) is 17.3 Å². The van der Waals surface area contributed by atoms with E-state index in [9.17, 15) is 9.18 Å². The topological polar surface area (TPSA) is 59.0 Å². The lowest BCUT2D eigenvalue weighted by Crippen LogP contribution is -2.32. The first-order valence-electron chi connectivity index (χ1n) is 9.57. The van der Waals surface area contributed by atoms with Crippen molar-refractivity contribution in [1.82, 2.24) is 9.55 Å². The number of imidazole rings is 1. The fourth-order valence-electron chi connectivity index (χ4n) is 3.75. The predicted molar refractivity (Wildman–Crippen MR) is 113 cm³/mol. The van der Waals surface area contributed by atoms with Crippen LogP contribution < -0.4 is 10.6 Å². The molecule has 0 radical (unpaired) electrons. The molecule has 0 aliphatic carbocycles. The highest BCUT2D eigenvalue weighted by Crippen LogP contribution is 2.26. The highest BCUT2D eigenvalue weighted by Gasteiger charge is 2.27. The Morgan fingerprint density at radius 3 is 2.72 bits per heavy atom. The smallest absolute Gasteiger partial charge is 0.274 e. The van der Waals surface area contributed by atoms with Gasteiger partial charge in [-0.2, -0.15) is 0 Å². The molecule has 1 unspecified atom stereocenters. The first kappa shape index (κ1) is 19.5. The summed E-state index contributed by atoms with van der Waals surface area (Å²) in [7, 11) is 0. The van der Waals surface area contributed by atoms with E-state index in [0.29, 0.717) is 35.1 Å². The summed E-state index contributed by atoms with van der Waals surface area (Å²) in [6.07, 6.45) is 1.54. The van der Waals surface area contributed by atoms with E-state index in [1.807, 2.05) is 30.5 Å². The normalized spacial score (nSPS) is 15.7. The lowest BCUT2D eigenvalue weighted by molar-refractivity contribution is 0.101. The molecule has 3 aromatic rings. The van der Waals surface area contributed by atoms with Crippen LogP contribution in [0, 0.1) is 19.7 Å². The molecule has 29 heavy (non-hydrogen) atoms. The summed E-state index contributed by atoms with van der Waals surface area (Å²) in [6, 6.07) is 12.0. The molecular weight excluding hydrogens is 391 g/mol. The van der Waals surface area contributed by atoms with Crippen molar-refractivity contribution in [3.63, 3.8) is 0 Å². The minimum Gasteiger partial charge on any atom is -0.382 e. The monoisotopic (exact) mass is 412 g/mol. The number of fused-ring (bicyclic) bond motifs is 1. The van der Waals surface area contributed by atoms with Gasteiger partial charge in [-0.3, -0.25) is 4.79 Å². The number of hydrogen-bond donors (Lipinski definition) is 2. The summed E-state index contributed by atoms with van der Waals surface area (Å²) >= 11 is 6.16. The first-order valence-corrected chi connectivity index (χ1v) is 9.94. The van der Waals surface area contributed by atoms with Crippen molar-refractivity contribution in [2.45, 2.75) is 39.3 Å². The van der Waals surface area contributed by atoms with E-state index in [1.54, 1.807) is 18.2 Å². The van der Waals surface area contributed by atoms with E-state index in [2.05, 4.69) is 15.6 Å². The molecule has 1 aliphatic rings. The number of carbonyl (C=O) groups is 1. The molecule has 0 saturated heterocycles. The number of benzene rings is 2. The zero-order valence-electron chi connectivity index (χ0n) is 16.3. The number of halogens is 2. The Hall–Kier alpha value is -2.86. The average Bonchev–Trinajstić information content (AvgIpc) is 3.02. The molecular formula is C22H22ClFN4O. The summed E-state index contributed by atoms with van der Waals surface area (Å²) in [6.45, 7) is 4.42. The fourth-order valence-corrected chi connectivity index (χ4v) is 3.93. The van der Waals surface area contributed by atoms with E-state index in [-0.39, 0.29) is 17.8 Å². The van der Waals surface area contributed by atoms with Gasteiger partial charge in [-0.25, -0.2) is 9.37 Å². The third-order valence-electron chi connectivity index (χ3n) is 5.30. The van der Waals surface area contributed by atoms with Crippen LogP contribution in [0.25, 0.3) is 0 Å². The standard InChI is InChI=1S/C22H22ClFN4O/c1-13-18(23)4-3-5-19(13)27-22(29)21-14(2)25-20-12-17(10-11-28(20)21)26-16-8-6-15(24)7-9-16/h3-9,17,26H,10-12H2,1-2H3,(H,27,29). The van der Waals surface area contributed by atoms with Gasteiger partial charge < -0.3 is 15.2 Å². The van der Waals surface area contributed by atoms with E-state index < -0.39 is 0 Å². The second-order valence-corrected chi connectivity index (χ2v) is 7.73. The van der Waals surface area contributed by atoms with Crippen molar-refractivity contribution < 1.29 is 9.18 Å². The Bertz CT molecular complexity index is 1060. The van der Waals surface area contributed by atoms with Crippen molar-refractivity contribution in [3.05, 3.63) is 76.1 Å². The number of rotatable bonds is 4. The Kier molecular flexibility index (Phi) is 5.28. The molecule has 2 heterocycles. The number of carbonyl (C=O) groups excluding carboxylic acids is 1. The lowest BCUT2D eigenvalue weighted by atomic mass is 10.1. The second-order valence-electron chi connectivity index (χ2n) is 7.32. The minimum atomic E-state index is -0.254. The van der Waals surface area contributed by atoms with Gasteiger partial charge in [0.15, 0.2) is 0 Å². The number of nitrogens with zero attached hydrogens (tertiary/aromatic N) is 2. The van der Waals surface area contributed by atoms with Gasteiger partial charge in [-0.1, -0.05) is 17.7 Å². The SMILES string of the molecule is Cc1nc2n(c1C(=O)Nc1cccc(Cl)c1C)CCC(Nc1ccc(F)cc1)C2. The predicted octanol–water partition coefficient (Wildman–Crippen LogP) is 4.97. The number of nitrogens with one attached hydrogen (secondary N) is 2. The van der Waals surface area contributed by atoms with Crippen molar-refractivity contribution >= 4 is 28.9 Å². The van der Waals surface area contributed by atoms with Gasteiger partial charge in [-0.15, -0.1) is 0 Å². The number of hydrogen-bond acceptors (Lipinski definition) is 3. The molecule has 2 aromatic carbocycles. The van der Waals surface area contributed by atoms with Gasteiger partial charge in [0, 0.05) is 35.4 Å². The van der Waals surface area contributed by atoms with E-state index >= 15 is 0 Å². The maximum Gasteiger partial charge on any atom is 0.274 e.